The quantitative estimate of drug-likeness (QED) is 0.785. The van der Waals surface area contributed by atoms with Crippen LogP contribution in [-0.4, -0.2) is 54.7 Å². The third kappa shape index (κ3) is 4.37. The average Bonchev–Trinajstić information content (AvgIpc) is 2.16. The van der Waals surface area contributed by atoms with E-state index in [9.17, 15) is 9.90 Å². The van der Waals surface area contributed by atoms with Gasteiger partial charge in [-0.05, 0) is 14.0 Å². The molecule has 1 aliphatic rings. The Morgan fingerprint density at radius 1 is 1.41 bits per heavy atom. The van der Waals surface area contributed by atoms with E-state index in [0.29, 0.717) is 39.1 Å². The summed E-state index contributed by atoms with van der Waals surface area (Å²) in [6.07, 6.45) is 1.36. The van der Waals surface area contributed by atoms with E-state index in [1.165, 1.54) is 0 Å². The monoisotopic (exact) mass is 243 g/mol. The van der Waals surface area contributed by atoms with Crippen molar-refractivity contribution >= 4 is 5.78 Å². The molecular formula is C13H25NO3. The third-order valence-electron chi connectivity index (χ3n) is 3.61. The zero-order valence-electron chi connectivity index (χ0n) is 11.5. The van der Waals surface area contributed by atoms with E-state index in [4.69, 9.17) is 4.74 Å². The van der Waals surface area contributed by atoms with Crippen LogP contribution in [0.25, 0.3) is 0 Å². The Hall–Kier alpha value is -0.450. The number of carbonyl (C=O) groups excluding carboxylic acids is 1. The molecule has 0 aromatic rings. The summed E-state index contributed by atoms with van der Waals surface area (Å²) in [7, 11) is 1.96. The molecule has 4 heteroatoms. The molecule has 1 N–H and O–H groups in total. The smallest absolute Gasteiger partial charge is 0.136 e. The molecule has 0 aromatic heterocycles. The summed E-state index contributed by atoms with van der Waals surface area (Å²) >= 11 is 0. The van der Waals surface area contributed by atoms with Crippen LogP contribution in [0, 0.1) is 5.41 Å². The lowest BCUT2D eigenvalue weighted by Gasteiger charge is -2.37. The van der Waals surface area contributed by atoms with Crippen LogP contribution in [0.3, 0.4) is 0 Å². The molecule has 17 heavy (non-hydrogen) atoms. The van der Waals surface area contributed by atoms with Gasteiger partial charge >= 0.3 is 0 Å². The van der Waals surface area contributed by atoms with Crippen molar-refractivity contribution in [2.24, 2.45) is 5.41 Å². The lowest BCUT2D eigenvalue weighted by atomic mass is 9.87. The van der Waals surface area contributed by atoms with Crippen molar-refractivity contribution in [1.29, 1.82) is 0 Å². The lowest BCUT2D eigenvalue weighted by molar-refractivity contribution is -0.127. The Kier molecular flexibility index (Phi) is 4.69. The van der Waals surface area contributed by atoms with Crippen molar-refractivity contribution in [3.05, 3.63) is 0 Å². The first-order chi connectivity index (χ1) is 7.75. The number of ketones is 1. The number of hydrogen-bond acceptors (Lipinski definition) is 4. The number of hydrogen-bond donors (Lipinski definition) is 1. The van der Waals surface area contributed by atoms with Crippen molar-refractivity contribution in [2.45, 2.75) is 39.2 Å². The van der Waals surface area contributed by atoms with Gasteiger partial charge in [-0.15, -0.1) is 0 Å². The van der Waals surface area contributed by atoms with Crippen LogP contribution < -0.4 is 0 Å². The highest BCUT2D eigenvalue weighted by Crippen LogP contribution is 2.24. The maximum atomic E-state index is 11.5. The fourth-order valence-electron chi connectivity index (χ4n) is 2.25. The van der Waals surface area contributed by atoms with Gasteiger partial charge in [0.15, 0.2) is 0 Å². The molecule has 0 spiro atoms. The molecule has 0 saturated carbocycles. The van der Waals surface area contributed by atoms with Crippen LogP contribution in [0.1, 0.15) is 33.6 Å². The Morgan fingerprint density at radius 2 is 1.94 bits per heavy atom. The van der Waals surface area contributed by atoms with Crippen LogP contribution in [0.15, 0.2) is 0 Å². The van der Waals surface area contributed by atoms with E-state index >= 15 is 0 Å². The number of Topliss-reactive ketones (excluding diaryl/α,β-unsaturated/α-hetero) is 1. The molecule has 1 heterocycles. The highest BCUT2D eigenvalue weighted by atomic mass is 16.5. The molecule has 100 valence electrons. The van der Waals surface area contributed by atoms with Gasteiger partial charge < -0.3 is 14.7 Å². The molecular weight excluding hydrogens is 218 g/mol. The van der Waals surface area contributed by atoms with Gasteiger partial charge in [-0.2, -0.15) is 0 Å². The summed E-state index contributed by atoms with van der Waals surface area (Å²) < 4.78 is 5.25. The fraction of sp³-hybridized carbons (Fsp3) is 0.923. The second-order valence-electron chi connectivity index (χ2n) is 5.95. The highest BCUT2D eigenvalue weighted by molar-refractivity contribution is 5.81. The van der Waals surface area contributed by atoms with Crippen LogP contribution in [0.4, 0.5) is 0 Å². The van der Waals surface area contributed by atoms with E-state index in [1.807, 2.05) is 25.8 Å². The van der Waals surface area contributed by atoms with Crippen LogP contribution in [0.5, 0.6) is 0 Å². The normalized spacial score (nSPS) is 20.6. The molecule has 0 aliphatic carbocycles. The molecule has 1 saturated heterocycles. The largest absolute Gasteiger partial charge is 0.388 e. The number of ether oxygens (including phenoxy) is 1. The van der Waals surface area contributed by atoms with Gasteiger partial charge in [0.2, 0.25) is 0 Å². The maximum absolute atomic E-state index is 11.5. The summed E-state index contributed by atoms with van der Waals surface area (Å²) in [5.74, 6) is 0.184. The third-order valence-corrected chi connectivity index (χ3v) is 3.61. The summed E-state index contributed by atoms with van der Waals surface area (Å²) in [6, 6.07) is 0. The number of likely N-dealkylation sites (N-methyl/N-ethyl adjacent to an activating group) is 1. The topological polar surface area (TPSA) is 49.8 Å². The van der Waals surface area contributed by atoms with Crippen LogP contribution >= 0.6 is 0 Å². The molecule has 1 fully saturated rings. The molecule has 0 unspecified atom stereocenters. The summed E-state index contributed by atoms with van der Waals surface area (Å²) in [4.78, 5) is 13.5. The second-order valence-corrected chi connectivity index (χ2v) is 5.95. The maximum Gasteiger partial charge on any atom is 0.136 e. The van der Waals surface area contributed by atoms with Gasteiger partial charge in [-0.3, -0.25) is 4.79 Å². The minimum absolute atomic E-state index is 0.184. The minimum atomic E-state index is -0.653. The summed E-state index contributed by atoms with van der Waals surface area (Å²) in [6.45, 7) is 8.04. The number of rotatable bonds is 5. The van der Waals surface area contributed by atoms with Crippen LogP contribution in [0.2, 0.25) is 0 Å². The molecule has 0 radical (unpaired) electrons. The molecule has 1 aliphatic heterocycles. The van der Waals surface area contributed by atoms with Crippen molar-refractivity contribution in [3.8, 4) is 0 Å². The molecule has 1 rings (SSSR count). The Balaban J connectivity index is 2.48. The van der Waals surface area contributed by atoms with E-state index in [2.05, 4.69) is 0 Å². The molecule has 4 nitrogen and oxygen atoms in total. The highest BCUT2D eigenvalue weighted by Gasteiger charge is 2.33. The van der Waals surface area contributed by atoms with Crippen LogP contribution in [-0.2, 0) is 9.53 Å². The molecule has 0 aromatic carbocycles. The van der Waals surface area contributed by atoms with Crippen molar-refractivity contribution < 1.29 is 14.6 Å². The Bertz CT molecular complexity index is 270. The summed E-state index contributed by atoms with van der Waals surface area (Å²) in [5.41, 5.74) is -1.00. The van der Waals surface area contributed by atoms with Crippen molar-refractivity contribution in [1.82, 2.24) is 4.90 Å². The Labute approximate surface area is 104 Å². The zero-order valence-corrected chi connectivity index (χ0v) is 11.5. The van der Waals surface area contributed by atoms with E-state index in [1.54, 1.807) is 6.92 Å². The van der Waals surface area contributed by atoms with Crippen molar-refractivity contribution in [3.63, 3.8) is 0 Å². The SMILES string of the molecule is CC(=O)C(C)(C)CN(C)CC1(O)CCOCC1. The van der Waals surface area contributed by atoms with Crippen molar-refractivity contribution in [2.75, 3.05) is 33.4 Å². The average molecular weight is 243 g/mol. The summed E-state index contributed by atoms with van der Waals surface area (Å²) in [5, 5.41) is 10.4. The Morgan fingerprint density at radius 3 is 2.41 bits per heavy atom. The van der Waals surface area contributed by atoms with Gasteiger partial charge in [0.1, 0.15) is 5.78 Å². The van der Waals surface area contributed by atoms with Gasteiger partial charge in [0.05, 0.1) is 5.60 Å². The van der Waals surface area contributed by atoms with E-state index in [0.717, 1.165) is 0 Å². The predicted octanol–water partition coefficient (Wildman–Crippen LogP) is 1.07. The molecule has 0 bridgehead atoms. The van der Waals surface area contributed by atoms with E-state index < -0.39 is 5.60 Å². The molecule has 0 amide bonds. The van der Waals surface area contributed by atoms with Gasteiger partial charge in [-0.25, -0.2) is 0 Å². The van der Waals surface area contributed by atoms with Gasteiger partial charge in [-0.1, -0.05) is 13.8 Å². The standard InChI is InChI=1S/C13H25NO3/c1-11(15)12(2,3)9-14(4)10-13(16)5-7-17-8-6-13/h16H,5-10H2,1-4H3. The first kappa shape index (κ1) is 14.6. The molecule has 0 atom stereocenters. The van der Waals surface area contributed by atoms with E-state index in [-0.39, 0.29) is 11.2 Å². The van der Waals surface area contributed by atoms with Gasteiger partial charge in [0, 0.05) is 44.6 Å². The fourth-order valence-corrected chi connectivity index (χ4v) is 2.25. The minimum Gasteiger partial charge on any atom is -0.388 e. The number of carbonyl (C=O) groups is 1. The zero-order chi connectivity index (χ0) is 13.1. The number of aliphatic hydroxyl groups is 1. The van der Waals surface area contributed by atoms with Gasteiger partial charge in [0.25, 0.3) is 0 Å². The number of nitrogens with zero attached hydrogens (tertiary/aromatic N) is 1. The predicted molar refractivity (Wildman–Crippen MR) is 67.0 cm³/mol. The first-order valence-electron chi connectivity index (χ1n) is 6.25. The lowest BCUT2D eigenvalue weighted by Crippen LogP contribution is -2.48. The second kappa shape index (κ2) is 5.46. The first-order valence-corrected chi connectivity index (χ1v) is 6.25.